The summed E-state index contributed by atoms with van der Waals surface area (Å²) in [5.74, 6) is -8.95. The van der Waals surface area contributed by atoms with Crippen LogP contribution in [0.25, 0.3) is 0 Å². The number of ether oxygens (including phenoxy) is 1. The normalized spacial score (nSPS) is 25.8. The Kier molecular flexibility index (Phi) is 10.3. The maximum atomic E-state index is 15.3. The van der Waals surface area contributed by atoms with Crippen molar-refractivity contribution in [2.24, 2.45) is 23.7 Å². The number of aromatic hydroxyl groups is 1. The van der Waals surface area contributed by atoms with E-state index in [1.54, 1.807) is 30.3 Å². The number of aromatic nitrogens is 1. The fourth-order valence-corrected chi connectivity index (χ4v) is 9.41. The van der Waals surface area contributed by atoms with E-state index in [0.717, 1.165) is 0 Å². The number of imide groups is 2. The molecule has 6 atom stereocenters. The number of nitrogens with one attached hydrogen (secondary N) is 1. The molecule has 0 radical (unpaired) electrons. The maximum absolute atomic E-state index is 15.3. The smallest absolute Gasteiger partial charge is 0.417 e. The van der Waals surface area contributed by atoms with Gasteiger partial charge in [0.15, 0.2) is 17.3 Å². The number of benzene rings is 2. The number of pyridine rings is 1. The number of halogens is 5. The summed E-state index contributed by atoms with van der Waals surface area (Å²) < 4.78 is 45.9. The van der Waals surface area contributed by atoms with Crippen LogP contribution in [0.4, 0.5) is 19.0 Å². The van der Waals surface area contributed by atoms with Gasteiger partial charge in [0.2, 0.25) is 11.8 Å². The minimum absolute atomic E-state index is 0.0441. The Hall–Kier alpha value is -5.15. The van der Waals surface area contributed by atoms with Gasteiger partial charge >= 0.3 is 12.1 Å². The number of alkyl halides is 3. The topological polar surface area (TPSA) is 166 Å². The summed E-state index contributed by atoms with van der Waals surface area (Å²) in [5.41, 5.74) is 0.639. The van der Waals surface area contributed by atoms with Crippen molar-refractivity contribution in [1.82, 2.24) is 14.9 Å². The highest BCUT2D eigenvalue weighted by Crippen LogP contribution is 2.65. The molecule has 3 heterocycles. The lowest BCUT2D eigenvalue weighted by Crippen LogP contribution is -2.53. The Labute approximate surface area is 328 Å². The number of phenolic OH excluding ortho intramolecular Hbond substituents is 1. The molecule has 12 nitrogen and oxygen atoms in total. The lowest BCUT2D eigenvalue weighted by atomic mass is 9.49. The fraction of sp³-hybridized carbons (Fsp3) is 0.385. The second-order valence-electron chi connectivity index (χ2n) is 14.3. The zero-order valence-corrected chi connectivity index (χ0v) is 31.2. The Bertz CT molecular complexity index is 2170. The summed E-state index contributed by atoms with van der Waals surface area (Å²) in [7, 11) is 1.35. The summed E-state index contributed by atoms with van der Waals surface area (Å²) >= 11 is 12.5. The van der Waals surface area contributed by atoms with E-state index in [-0.39, 0.29) is 48.8 Å². The molecule has 56 heavy (non-hydrogen) atoms. The first-order valence-corrected chi connectivity index (χ1v) is 18.6. The number of anilines is 1. The van der Waals surface area contributed by atoms with E-state index < -0.39 is 81.3 Å². The highest BCUT2D eigenvalue weighted by Gasteiger charge is 2.70. The Morgan fingerprint density at radius 2 is 1.75 bits per heavy atom. The molecule has 0 unspecified atom stereocenters. The lowest BCUT2D eigenvalue weighted by molar-refractivity contribution is -0.141. The molecule has 2 saturated heterocycles. The molecule has 294 valence electrons. The number of rotatable bonds is 11. The highest BCUT2D eigenvalue weighted by atomic mass is 35.5. The predicted molar refractivity (Wildman–Crippen MR) is 194 cm³/mol. The van der Waals surface area contributed by atoms with Crippen molar-refractivity contribution in [2.45, 2.75) is 56.0 Å². The van der Waals surface area contributed by atoms with Crippen LogP contribution in [0, 0.1) is 23.7 Å². The maximum Gasteiger partial charge on any atom is 0.417 e. The van der Waals surface area contributed by atoms with Crippen molar-refractivity contribution in [2.75, 3.05) is 19.1 Å². The third-order valence-electron chi connectivity index (χ3n) is 11.5. The van der Waals surface area contributed by atoms with E-state index in [1.807, 2.05) is 0 Å². The van der Waals surface area contributed by atoms with E-state index in [2.05, 4.69) is 10.4 Å². The quantitative estimate of drug-likeness (QED) is 0.107. The number of likely N-dealkylation sites (tertiary alicyclic amines) is 1. The molecule has 3 fully saturated rings. The van der Waals surface area contributed by atoms with Crippen LogP contribution >= 0.6 is 23.2 Å². The van der Waals surface area contributed by atoms with Crippen molar-refractivity contribution >= 4 is 58.6 Å². The molecule has 2 aliphatic heterocycles. The summed E-state index contributed by atoms with van der Waals surface area (Å²) in [4.78, 5) is 74.1. The second-order valence-corrected chi connectivity index (χ2v) is 15.2. The number of carbonyl (C=O) groups excluding carboxylic acids is 4. The number of carboxylic acid groups (broad SMARTS) is 1. The van der Waals surface area contributed by atoms with Crippen LogP contribution in [0.5, 0.6) is 11.5 Å². The number of aliphatic carboxylic acids is 1. The number of para-hydroxylation sites is 1. The van der Waals surface area contributed by atoms with Crippen molar-refractivity contribution in [3.63, 3.8) is 0 Å². The van der Waals surface area contributed by atoms with Crippen molar-refractivity contribution in [3.05, 3.63) is 93.1 Å². The van der Waals surface area contributed by atoms with E-state index in [9.17, 15) is 37.5 Å². The number of carbonyl (C=O) groups is 5. The molecule has 2 aliphatic carbocycles. The van der Waals surface area contributed by atoms with Gasteiger partial charge in [0.1, 0.15) is 0 Å². The number of hydrazine groups is 1. The van der Waals surface area contributed by atoms with Gasteiger partial charge in [-0.15, -0.1) is 0 Å². The van der Waals surface area contributed by atoms with Crippen molar-refractivity contribution in [1.29, 1.82) is 0 Å². The number of allylic oxidation sites excluding steroid dienone is 2. The van der Waals surface area contributed by atoms with Crippen LogP contribution in [-0.2, 0) is 35.6 Å². The van der Waals surface area contributed by atoms with E-state index >= 15 is 4.79 Å². The van der Waals surface area contributed by atoms with Gasteiger partial charge in [0.25, 0.3) is 11.8 Å². The predicted octanol–water partition coefficient (Wildman–Crippen LogP) is 6.75. The monoisotopic (exact) mass is 814 g/mol. The molecular weight excluding hydrogens is 780 g/mol. The number of hydrogen-bond donors (Lipinski definition) is 3. The number of amides is 4. The fourth-order valence-electron chi connectivity index (χ4n) is 9.07. The summed E-state index contributed by atoms with van der Waals surface area (Å²) in [5, 5.41) is 21.2. The van der Waals surface area contributed by atoms with E-state index in [0.29, 0.717) is 52.7 Å². The Morgan fingerprint density at radius 3 is 2.41 bits per heavy atom. The standard InChI is InChI=1S/C39H35Cl2F3N4O8/c1-56-28-7-5-6-24(32(28)51)31-22-13-14-23-30(36(54)47(34(23)52)15-4-2-3-8-29(49)50)25(22)17-26-35(53)48(37(55)38(26,31)19-9-11-21(40)12-10-19)46-33-27(41)16-20(18-45-33)39(42,43)44/h5-7,9-13,16,18,23,25-26,30-31,51H,2-4,8,14-15,17H2,1H3,(H,45,46)(H,49,50)/t23-,25+,26-,30-,31+,38+/m0/s1. The SMILES string of the molecule is COc1cccc([C@H]2C3=CC[C@@H]4C(=O)N(CCCCCC(=O)O)C(=O)[C@@H]4[C@@H]3C[C@H]3C(=O)N(Nc4ncc(C(F)(F)F)cc4Cl)C(=O)[C@@]23c2ccc(Cl)cc2)c1O. The summed E-state index contributed by atoms with van der Waals surface area (Å²) in [6.07, 6.45) is -1.24. The van der Waals surface area contributed by atoms with Gasteiger partial charge in [0.05, 0.1) is 40.9 Å². The van der Waals surface area contributed by atoms with Crippen LogP contribution in [0.3, 0.4) is 0 Å². The third kappa shape index (κ3) is 6.34. The van der Waals surface area contributed by atoms with Crippen molar-refractivity contribution < 1.29 is 52.1 Å². The van der Waals surface area contributed by atoms with Crippen LogP contribution in [0.15, 0.2) is 66.4 Å². The van der Waals surface area contributed by atoms with E-state index in [1.165, 1.54) is 30.2 Å². The molecule has 0 bridgehead atoms. The Balaban J connectivity index is 1.36. The third-order valence-corrected chi connectivity index (χ3v) is 12.0. The summed E-state index contributed by atoms with van der Waals surface area (Å²) in [6, 6.07) is 11.6. The van der Waals surface area contributed by atoms with Gasteiger partial charge in [-0.05, 0) is 61.4 Å². The number of hydrogen-bond acceptors (Lipinski definition) is 9. The van der Waals surface area contributed by atoms with Crippen LogP contribution in [0.2, 0.25) is 10.0 Å². The second kappa shape index (κ2) is 14.7. The minimum Gasteiger partial charge on any atom is -0.504 e. The minimum atomic E-state index is -4.77. The first kappa shape index (κ1) is 39.1. The first-order chi connectivity index (χ1) is 26.6. The van der Waals surface area contributed by atoms with Gasteiger partial charge in [0, 0.05) is 35.7 Å². The molecule has 1 saturated carbocycles. The number of unbranched alkanes of at least 4 members (excludes halogenated alkanes) is 2. The average molecular weight is 816 g/mol. The van der Waals surface area contributed by atoms with Gasteiger partial charge < -0.3 is 14.9 Å². The average Bonchev–Trinajstić information content (AvgIpc) is 3.52. The molecule has 3 aromatic rings. The van der Waals surface area contributed by atoms with Gasteiger partial charge in [-0.3, -0.25) is 34.3 Å². The van der Waals surface area contributed by atoms with Crippen LogP contribution in [0.1, 0.15) is 61.1 Å². The molecule has 0 spiro atoms. The Morgan fingerprint density at radius 1 is 1.02 bits per heavy atom. The molecule has 4 amide bonds. The molecule has 7 rings (SSSR count). The molecule has 4 aliphatic rings. The number of carboxylic acids is 1. The lowest BCUT2D eigenvalue weighted by Gasteiger charge is -2.50. The highest BCUT2D eigenvalue weighted by molar-refractivity contribution is 6.33. The summed E-state index contributed by atoms with van der Waals surface area (Å²) in [6.45, 7) is 0.0839. The van der Waals surface area contributed by atoms with Gasteiger partial charge in [-0.2, -0.15) is 18.2 Å². The zero-order valence-electron chi connectivity index (χ0n) is 29.7. The molecule has 17 heteroatoms. The molecule has 3 N–H and O–H groups in total. The molecular formula is C39H35Cl2F3N4O8. The zero-order chi connectivity index (χ0) is 40.3. The number of nitrogens with zero attached hydrogens (tertiary/aromatic N) is 3. The first-order valence-electron chi connectivity index (χ1n) is 17.9. The van der Waals surface area contributed by atoms with Crippen LogP contribution in [-0.4, -0.2) is 68.4 Å². The number of methoxy groups -OCH3 is 1. The molecule has 2 aromatic carbocycles. The molecule has 1 aromatic heterocycles. The largest absolute Gasteiger partial charge is 0.504 e. The number of phenols is 1. The van der Waals surface area contributed by atoms with Gasteiger partial charge in [-0.1, -0.05) is 65.5 Å². The van der Waals surface area contributed by atoms with Gasteiger partial charge in [-0.25, -0.2) is 4.98 Å². The number of fused-ring (bicyclic) bond motifs is 4. The van der Waals surface area contributed by atoms with E-state index in [4.69, 9.17) is 33.0 Å². The van der Waals surface area contributed by atoms with Crippen molar-refractivity contribution in [3.8, 4) is 11.5 Å². The van der Waals surface area contributed by atoms with Crippen LogP contribution < -0.4 is 10.2 Å².